The molecule has 0 aliphatic carbocycles. The van der Waals surface area contributed by atoms with E-state index in [1.54, 1.807) is 0 Å². The van der Waals surface area contributed by atoms with Crippen molar-refractivity contribution in [3.05, 3.63) is 36.0 Å². The largest absolute Gasteiger partial charge is 0.410 e. The molecule has 6 heteroatoms. The molecule has 2 aromatic rings. The standard InChI is InChI=1S/C11H12N4O2/c1-7-2-4-8(5-3-7)15-10(12)9(6-14-15)17-11(13)16/h2-6H,12H2,1H3,(H2,13,16). The second-order valence-electron chi connectivity index (χ2n) is 3.56. The van der Waals surface area contributed by atoms with Crippen molar-refractivity contribution in [2.24, 2.45) is 5.73 Å². The van der Waals surface area contributed by atoms with Crippen molar-refractivity contribution in [1.29, 1.82) is 0 Å². The maximum atomic E-state index is 10.6. The van der Waals surface area contributed by atoms with E-state index in [-0.39, 0.29) is 11.6 Å². The minimum atomic E-state index is -0.917. The highest BCUT2D eigenvalue weighted by atomic mass is 16.5. The van der Waals surface area contributed by atoms with Crippen molar-refractivity contribution >= 4 is 11.9 Å². The van der Waals surface area contributed by atoms with E-state index in [1.807, 2.05) is 31.2 Å². The number of ether oxygens (including phenoxy) is 1. The fourth-order valence-corrected chi connectivity index (χ4v) is 1.42. The van der Waals surface area contributed by atoms with Crippen molar-refractivity contribution in [2.45, 2.75) is 6.92 Å². The lowest BCUT2D eigenvalue weighted by molar-refractivity contribution is 0.211. The van der Waals surface area contributed by atoms with Crippen LogP contribution in [0.4, 0.5) is 10.6 Å². The maximum absolute atomic E-state index is 10.6. The van der Waals surface area contributed by atoms with E-state index < -0.39 is 6.09 Å². The monoisotopic (exact) mass is 232 g/mol. The third-order valence-electron chi connectivity index (χ3n) is 2.26. The molecule has 0 unspecified atom stereocenters. The number of carbonyl (C=O) groups is 1. The first-order valence-electron chi connectivity index (χ1n) is 4.96. The van der Waals surface area contributed by atoms with Crippen molar-refractivity contribution in [1.82, 2.24) is 9.78 Å². The Hall–Kier alpha value is -2.50. The van der Waals surface area contributed by atoms with Crippen molar-refractivity contribution < 1.29 is 9.53 Å². The Morgan fingerprint density at radius 3 is 2.59 bits per heavy atom. The van der Waals surface area contributed by atoms with Gasteiger partial charge in [0.1, 0.15) is 0 Å². The molecular formula is C11H12N4O2. The summed E-state index contributed by atoms with van der Waals surface area (Å²) in [4.78, 5) is 10.6. The Morgan fingerprint density at radius 2 is 2.00 bits per heavy atom. The number of benzene rings is 1. The third kappa shape index (κ3) is 2.20. The van der Waals surface area contributed by atoms with Crippen LogP contribution in [-0.4, -0.2) is 15.9 Å². The van der Waals surface area contributed by atoms with Gasteiger partial charge in [-0.1, -0.05) is 17.7 Å². The minimum absolute atomic E-state index is 0.151. The molecule has 1 heterocycles. The first-order valence-corrected chi connectivity index (χ1v) is 4.96. The molecule has 0 saturated heterocycles. The van der Waals surface area contributed by atoms with Crippen LogP contribution in [0, 0.1) is 6.92 Å². The van der Waals surface area contributed by atoms with Crippen LogP contribution in [0.1, 0.15) is 5.56 Å². The number of aromatic nitrogens is 2. The van der Waals surface area contributed by atoms with Gasteiger partial charge in [0.2, 0.25) is 0 Å². The molecule has 0 spiro atoms. The van der Waals surface area contributed by atoms with Crippen LogP contribution in [0.5, 0.6) is 5.75 Å². The first-order chi connectivity index (χ1) is 8.08. The van der Waals surface area contributed by atoms with Crippen molar-refractivity contribution in [3.63, 3.8) is 0 Å². The number of hydrogen-bond donors (Lipinski definition) is 2. The predicted octanol–water partition coefficient (Wildman–Crippen LogP) is 1.22. The van der Waals surface area contributed by atoms with E-state index in [9.17, 15) is 4.79 Å². The third-order valence-corrected chi connectivity index (χ3v) is 2.26. The van der Waals surface area contributed by atoms with Gasteiger partial charge in [-0.2, -0.15) is 5.10 Å². The van der Waals surface area contributed by atoms with Crippen molar-refractivity contribution in [3.8, 4) is 11.4 Å². The summed E-state index contributed by atoms with van der Waals surface area (Å²) < 4.78 is 6.17. The molecule has 1 amide bonds. The van der Waals surface area contributed by atoms with Crippen LogP contribution in [-0.2, 0) is 0 Å². The number of nitrogens with zero attached hydrogens (tertiary/aromatic N) is 2. The molecule has 1 aromatic carbocycles. The van der Waals surface area contributed by atoms with E-state index in [0.717, 1.165) is 11.3 Å². The zero-order valence-electron chi connectivity index (χ0n) is 9.25. The average molecular weight is 232 g/mol. The van der Waals surface area contributed by atoms with E-state index in [1.165, 1.54) is 10.9 Å². The summed E-state index contributed by atoms with van der Waals surface area (Å²) in [5.74, 6) is 0.380. The van der Waals surface area contributed by atoms with E-state index in [2.05, 4.69) is 5.10 Å². The number of nitrogen functional groups attached to an aromatic ring is 1. The van der Waals surface area contributed by atoms with Gasteiger partial charge in [0.05, 0.1) is 11.9 Å². The Bertz CT molecular complexity index is 545. The lowest BCUT2D eigenvalue weighted by Gasteiger charge is -2.04. The van der Waals surface area contributed by atoms with Gasteiger partial charge in [-0.15, -0.1) is 0 Å². The van der Waals surface area contributed by atoms with E-state index >= 15 is 0 Å². The van der Waals surface area contributed by atoms with Gasteiger partial charge >= 0.3 is 6.09 Å². The summed E-state index contributed by atoms with van der Waals surface area (Å²) in [5.41, 5.74) is 12.6. The quantitative estimate of drug-likeness (QED) is 0.813. The number of aryl methyl sites for hydroxylation is 1. The SMILES string of the molecule is Cc1ccc(-n2ncc(OC(N)=O)c2N)cc1. The van der Waals surface area contributed by atoms with Gasteiger partial charge in [-0.05, 0) is 19.1 Å². The van der Waals surface area contributed by atoms with Gasteiger partial charge in [0.15, 0.2) is 11.6 Å². The van der Waals surface area contributed by atoms with Crippen molar-refractivity contribution in [2.75, 3.05) is 5.73 Å². The summed E-state index contributed by atoms with van der Waals surface area (Å²) in [6.07, 6.45) is 0.431. The summed E-state index contributed by atoms with van der Waals surface area (Å²) in [7, 11) is 0. The topological polar surface area (TPSA) is 96.2 Å². The lowest BCUT2D eigenvalue weighted by Crippen LogP contribution is -2.16. The van der Waals surface area contributed by atoms with Gasteiger partial charge in [-0.3, -0.25) is 0 Å². The van der Waals surface area contributed by atoms with Crippen LogP contribution < -0.4 is 16.2 Å². The molecule has 88 valence electrons. The van der Waals surface area contributed by atoms with Crippen LogP contribution >= 0.6 is 0 Å². The summed E-state index contributed by atoms with van der Waals surface area (Å²) in [6.45, 7) is 1.98. The number of amides is 1. The Morgan fingerprint density at radius 1 is 1.35 bits per heavy atom. The van der Waals surface area contributed by atoms with E-state index in [4.69, 9.17) is 16.2 Å². The molecule has 0 radical (unpaired) electrons. The number of hydrogen-bond acceptors (Lipinski definition) is 4. The summed E-state index contributed by atoms with van der Waals surface area (Å²) in [6, 6.07) is 7.61. The van der Waals surface area contributed by atoms with Crippen LogP contribution in [0.15, 0.2) is 30.5 Å². The molecule has 0 aliphatic rings. The number of anilines is 1. The zero-order valence-corrected chi connectivity index (χ0v) is 9.25. The molecule has 0 aliphatic heterocycles. The highest BCUT2D eigenvalue weighted by Crippen LogP contribution is 2.23. The van der Waals surface area contributed by atoms with Crippen LogP contribution in [0.2, 0.25) is 0 Å². The number of nitrogens with two attached hydrogens (primary N) is 2. The van der Waals surface area contributed by atoms with Crippen LogP contribution in [0.3, 0.4) is 0 Å². The molecule has 0 saturated carbocycles. The fraction of sp³-hybridized carbons (Fsp3) is 0.0909. The molecule has 17 heavy (non-hydrogen) atoms. The molecule has 0 fully saturated rings. The second kappa shape index (κ2) is 4.17. The Labute approximate surface area is 97.8 Å². The van der Waals surface area contributed by atoms with Gasteiger partial charge in [-0.25, -0.2) is 9.48 Å². The summed E-state index contributed by atoms with van der Waals surface area (Å²) in [5, 5.41) is 4.03. The zero-order chi connectivity index (χ0) is 12.4. The number of rotatable bonds is 2. The molecule has 0 bridgehead atoms. The highest BCUT2D eigenvalue weighted by molar-refractivity contribution is 5.70. The minimum Gasteiger partial charge on any atom is -0.405 e. The van der Waals surface area contributed by atoms with Gasteiger partial charge in [0.25, 0.3) is 0 Å². The second-order valence-corrected chi connectivity index (χ2v) is 3.56. The normalized spacial score (nSPS) is 10.2. The number of carbonyl (C=O) groups excluding carboxylic acids is 1. The van der Waals surface area contributed by atoms with Gasteiger partial charge in [0, 0.05) is 0 Å². The molecule has 1 aromatic heterocycles. The molecule has 4 N–H and O–H groups in total. The first kappa shape index (κ1) is 11.0. The average Bonchev–Trinajstić information content (AvgIpc) is 2.61. The van der Waals surface area contributed by atoms with Gasteiger partial charge < -0.3 is 16.2 Å². The smallest absolute Gasteiger partial charge is 0.405 e. The molecule has 2 rings (SSSR count). The number of primary amides is 1. The molecular weight excluding hydrogens is 220 g/mol. The van der Waals surface area contributed by atoms with E-state index in [0.29, 0.717) is 0 Å². The lowest BCUT2D eigenvalue weighted by atomic mass is 10.2. The molecule has 6 nitrogen and oxygen atoms in total. The fourth-order valence-electron chi connectivity index (χ4n) is 1.42. The summed E-state index contributed by atoms with van der Waals surface area (Å²) >= 11 is 0. The Balaban J connectivity index is 2.37. The highest BCUT2D eigenvalue weighted by Gasteiger charge is 2.11. The molecule has 0 atom stereocenters. The van der Waals surface area contributed by atoms with Crippen LogP contribution in [0.25, 0.3) is 5.69 Å². The Kier molecular flexibility index (Phi) is 2.70. The maximum Gasteiger partial charge on any atom is 0.410 e. The predicted molar refractivity (Wildman–Crippen MR) is 62.9 cm³/mol.